The van der Waals surface area contributed by atoms with Crippen LogP contribution in [-0.2, 0) is 17.1 Å². The number of rotatable bonds is 36. The van der Waals surface area contributed by atoms with E-state index in [1.54, 1.807) is 0 Å². The topological polar surface area (TPSA) is 61.8 Å². The summed E-state index contributed by atoms with van der Waals surface area (Å²) in [5.41, 5.74) is -1.31. The van der Waals surface area contributed by atoms with E-state index in [1.165, 1.54) is 122 Å². The van der Waals surface area contributed by atoms with E-state index in [2.05, 4.69) is 41.5 Å². The number of Topliss-reactive ketones (excluding diaryl/α,β-unsaturated/α-hetero) is 2. The molecule has 0 aliphatic carbocycles. The predicted octanol–water partition coefficient (Wildman–Crippen LogP) is 15.9. The number of carbonyl (C=O) groups is 2. The van der Waals surface area contributed by atoms with Gasteiger partial charge in [-0.05, 0) is 0 Å². The van der Waals surface area contributed by atoms with Crippen molar-refractivity contribution in [3.05, 3.63) is 0 Å². The van der Waals surface area contributed by atoms with Gasteiger partial charge in [-0.3, -0.25) is 0 Å². The van der Waals surface area contributed by atoms with E-state index in [0.29, 0.717) is 19.3 Å². The van der Waals surface area contributed by atoms with E-state index in [-0.39, 0.29) is 17.2 Å². The molecule has 2 fully saturated rings. The van der Waals surface area contributed by atoms with Crippen LogP contribution in [-0.4, -0.2) is 61.2 Å². The third-order valence-corrected chi connectivity index (χ3v) is 46.6. The maximum atomic E-state index is 14.7. The average Bonchev–Trinajstić information content (AvgIpc) is 3.19. The Kier molecular flexibility index (Phi) is 29.1. The van der Waals surface area contributed by atoms with Crippen molar-refractivity contribution in [2.45, 2.75) is 289 Å². The van der Waals surface area contributed by atoms with E-state index in [1.807, 2.05) is 0 Å². The van der Waals surface area contributed by atoms with E-state index in [4.69, 9.17) is 7.56 Å². The van der Waals surface area contributed by atoms with Gasteiger partial charge in [-0.1, -0.05) is 26.7 Å². The monoisotopic (exact) mass is 991 g/mol. The number of ketones is 2. The molecule has 324 valence electrons. The van der Waals surface area contributed by atoms with Gasteiger partial charge in [0.1, 0.15) is 0 Å². The molecule has 2 atom stereocenters. The zero-order chi connectivity index (χ0) is 40.1. The number of hydrogen-bond acceptors (Lipinski definition) is 5. The van der Waals surface area contributed by atoms with Crippen LogP contribution in [0.5, 0.6) is 0 Å². The third-order valence-electron chi connectivity index (χ3n) is 13.1. The molecule has 2 heterocycles. The molecule has 2 saturated heterocycles. The molecule has 0 bridgehead atoms. The van der Waals surface area contributed by atoms with Crippen LogP contribution in [0.1, 0.15) is 260 Å². The second-order valence-corrected chi connectivity index (χ2v) is 40.0. The Morgan fingerprint density at radius 1 is 0.455 bits per heavy atom. The molecule has 0 amide bonds. The van der Waals surface area contributed by atoms with Crippen LogP contribution in [0, 0.1) is 0 Å². The predicted molar refractivity (Wildman–Crippen MR) is 240 cm³/mol. The first kappa shape index (κ1) is 52.0. The quantitative estimate of drug-likeness (QED) is 0.0356. The molecule has 2 aliphatic heterocycles. The first-order valence-electron chi connectivity index (χ1n) is 24.9. The van der Waals surface area contributed by atoms with Crippen LogP contribution in [0.4, 0.5) is 0 Å². The van der Waals surface area contributed by atoms with Gasteiger partial charge in [-0.25, -0.2) is 0 Å². The second-order valence-electron chi connectivity index (χ2n) is 18.3. The summed E-state index contributed by atoms with van der Waals surface area (Å²) in [4.78, 5) is 29.4. The molecule has 0 aromatic rings. The van der Waals surface area contributed by atoms with Gasteiger partial charge in [0.15, 0.2) is 0 Å². The summed E-state index contributed by atoms with van der Waals surface area (Å²) in [7, 11) is 0. The fraction of sp³-hybridized carbons (Fsp3) is 0.958. The maximum absolute atomic E-state index is 14.7. The van der Waals surface area contributed by atoms with Crippen molar-refractivity contribution in [1.29, 1.82) is 0 Å². The summed E-state index contributed by atoms with van der Waals surface area (Å²) >= 11 is -7.63. The van der Waals surface area contributed by atoms with Gasteiger partial charge in [0.2, 0.25) is 0 Å². The molecule has 2 rings (SSSR count). The molecule has 0 N–H and O–H groups in total. The Hall–Kier alpha value is 0.817. The first-order valence-corrected chi connectivity index (χ1v) is 37.6. The number of carbonyl (C=O) groups excluding carboxylic acids is 2. The van der Waals surface area contributed by atoms with Crippen LogP contribution in [0.15, 0.2) is 0 Å². The molecule has 7 heteroatoms. The summed E-state index contributed by atoms with van der Waals surface area (Å²) in [6.07, 6.45) is 38.4. The minimum absolute atomic E-state index is 0.0463. The Labute approximate surface area is 353 Å². The minimum atomic E-state index is -3.97. The van der Waals surface area contributed by atoms with Crippen LogP contribution >= 0.6 is 0 Å². The summed E-state index contributed by atoms with van der Waals surface area (Å²) in [6.45, 7) is 13.7. The van der Waals surface area contributed by atoms with Crippen molar-refractivity contribution < 1.29 is 17.1 Å². The van der Waals surface area contributed by atoms with Gasteiger partial charge in [0, 0.05) is 0 Å². The van der Waals surface area contributed by atoms with Crippen LogP contribution in [0.25, 0.3) is 0 Å². The van der Waals surface area contributed by atoms with E-state index in [9.17, 15) is 9.59 Å². The summed E-state index contributed by atoms with van der Waals surface area (Å²) in [6, 6.07) is 0. The number of hydrogen-bond donors (Lipinski definition) is 0. The normalized spacial score (nSPS) is 22.2. The molecule has 0 spiro atoms. The standard InChI is InChI=1S/C28H52O3.C12H24O.2C4H9.O.2Sn/c1-4-7-9-11-13-15-17-19-21-23-26(29)28(31,25-6-3)27(30)24-22-20-18-16-14-12-10-8-5-2;1-4-7-10-12(13,9-6-3)11-8-5-2;2*1-3-4-2;;;/h3-25H2,1-2H3;3-11H2,1-2H3;2*1,3-4H2,2H3;;;/q2*-1;;;;2*+1. The third kappa shape index (κ3) is 19.4. The first-order chi connectivity index (χ1) is 26.7. The van der Waals surface area contributed by atoms with Gasteiger partial charge in [0.05, 0.1) is 0 Å². The van der Waals surface area contributed by atoms with Gasteiger partial charge in [0.25, 0.3) is 0 Å². The van der Waals surface area contributed by atoms with E-state index in [0.717, 1.165) is 94.8 Å². The zero-order valence-corrected chi connectivity index (χ0v) is 43.6. The second kappa shape index (κ2) is 30.8. The van der Waals surface area contributed by atoms with Gasteiger partial charge in [-0.2, -0.15) is 0 Å². The Bertz CT molecular complexity index is 947. The summed E-state index contributed by atoms with van der Waals surface area (Å²) < 4.78 is 27.4. The van der Waals surface area contributed by atoms with Crippen LogP contribution in [0.3, 0.4) is 0 Å². The molecule has 0 saturated carbocycles. The summed E-state index contributed by atoms with van der Waals surface area (Å²) in [5.74, 6) is 0.194. The molecule has 0 radical (unpaired) electrons. The fourth-order valence-electron chi connectivity index (χ4n) is 9.65. The fourth-order valence-corrected chi connectivity index (χ4v) is 53.0. The molecule has 2 aliphatic rings. The van der Waals surface area contributed by atoms with Crippen LogP contribution in [0.2, 0.25) is 17.7 Å². The van der Waals surface area contributed by atoms with Crippen molar-refractivity contribution in [3.8, 4) is 0 Å². The van der Waals surface area contributed by atoms with Crippen molar-refractivity contribution in [2.75, 3.05) is 0 Å². The SMILES string of the molecule is CCCCCCCCCCCC(=O)C1(C(=O)CCCCCCCCCCC)CC[CH2][Sn]([CH2]CCC)([O][Sn]2([CH2]CCC)[CH2]CCC(CCCC)(CCCC)[O]2)[O]1. The molecular weight excluding hydrogens is 894 g/mol. The molecule has 55 heavy (non-hydrogen) atoms. The van der Waals surface area contributed by atoms with Crippen molar-refractivity contribution in [2.24, 2.45) is 0 Å². The van der Waals surface area contributed by atoms with Crippen LogP contribution < -0.4 is 0 Å². The Balaban J connectivity index is 2.34. The molecule has 5 nitrogen and oxygen atoms in total. The van der Waals surface area contributed by atoms with Crippen molar-refractivity contribution in [3.63, 3.8) is 0 Å². The molecule has 2 unspecified atom stereocenters. The average molecular weight is 989 g/mol. The van der Waals surface area contributed by atoms with Crippen molar-refractivity contribution >= 4 is 50.0 Å². The van der Waals surface area contributed by atoms with E-state index >= 15 is 0 Å². The van der Waals surface area contributed by atoms with E-state index < -0.39 is 44.0 Å². The number of unbranched alkanes of at least 4 members (excludes halogenated alkanes) is 20. The summed E-state index contributed by atoms with van der Waals surface area (Å²) in [5, 5.41) is 0. The molecular formula is C48H94O5Sn2. The Morgan fingerprint density at radius 3 is 1.24 bits per heavy atom. The van der Waals surface area contributed by atoms with Gasteiger partial charge >= 0.3 is 329 Å². The zero-order valence-electron chi connectivity index (χ0n) is 37.9. The van der Waals surface area contributed by atoms with Gasteiger partial charge < -0.3 is 0 Å². The molecule has 0 aromatic carbocycles. The van der Waals surface area contributed by atoms with Gasteiger partial charge in [-0.15, -0.1) is 0 Å². The molecule has 0 aromatic heterocycles. The van der Waals surface area contributed by atoms with Crippen molar-refractivity contribution in [1.82, 2.24) is 0 Å². The Morgan fingerprint density at radius 2 is 0.818 bits per heavy atom.